The molecule has 0 amide bonds. The van der Waals surface area contributed by atoms with E-state index in [-0.39, 0.29) is 5.43 Å². The molecule has 108 valence electrons. The summed E-state index contributed by atoms with van der Waals surface area (Å²) in [5.41, 5.74) is 4.30. The maximum absolute atomic E-state index is 12.7. The summed E-state index contributed by atoms with van der Waals surface area (Å²) >= 11 is 0. The van der Waals surface area contributed by atoms with E-state index in [0.717, 1.165) is 35.1 Å². The van der Waals surface area contributed by atoms with Crippen LogP contribution in [0, 0.1) is 6.92 Å². The highest BCUT2D eigenvalue weighted by Gasteiger charge is 2.12. The van der Waals surface area contributed by atoms with Crippen molar-refractivity contribution in [1.29, 1.82) is 0 Å². The summed E-state index contributed by atoms with van der Waals surface area (Å²) in [5.74, 6) is 0. The van der Waals surface area contributed by atoms with Crippen molar-refractivity contribution in [3.63, 3.8) is 0 Å². The molecule has 20 heavy (non-hydrogen) atoms. The van der Waals surface area contributed by atoms with E-state index in [4.69, 9.17) is 0 Å². The Balaban J connectivity index is 2.53. The normalized spacial score (nSPS) is 11.4. The van der Waals surface area contributed by atoms with E-state index in [2.05, 4.69) is 38.1 Å². The Labute approximate surface area is 120 Å². The Hall–Kier alpha value is -1.61. The van der Waals surface area contributed by atoms with Crippen LogP contribution in [0.5, 0.6) is 0 Å². The van der Waals surface area contributed by atoms with Gasteiger partial charge in [0.05, 0.1) is 19.7 Å². The second-order valence-electron chi connectivity index (χ2n) is 5.93. The van der Waals surface area contributed by atoms with Gasteiger partial charge in [0.1, 0.15) is 6.54 Å². The van der Waals surface area contributed by atoms with Crippen LogP contribution in [0.2, 0.25) is 0 Å². The van der Waals surface area contributed by atoms with Crippen LogP contribution < -0.4 is 10.3 Å². The van der Waals surface area contributed by atoms with Crippen LogP contribution >= 0.6 is 0 Å². The Morgan fingerprint density at radius 1 is 1.25 bits per heavy atom. The predicted molar refractivity (Wildman–Crippen MR) is 84.4 cm³/mol. The summed E-state index contributed by atoms with van der Waals surface area (Å²) in [4.78, 5) is 17.3. The van der Waals surface area contributed by atoms with Gasteiger partial charge in [-0.25, -0.2) is 0 Å². The number of aryl methyl sites for hydroxylation is 2. The van der Waals surface area contributed by atoms with E-state index in [1.54, 1.807) is 0 Å². The molecule has 0 aliphatic carbocycles. The van der Waals surface area contributed by atoms with Crippen LogP contribution in [-0.4, -0.2) is 19.1 Å². The zero-order valence-corrected chi connectivity index (χ0v) is 13.0. The molecule has 0 unspecified atom stereocenters. The maximum atomic E-state index is 12.7. The minimum atomic E-state index is 0.191. The number of aromatic amines is 1. The Morgan fingerprint density at radius 2 is 2.00 bits per heavy atom. The molecule has 2 N–H and O–H groups in total. The molecular formula is C17H25N2O+. The van der Waals surface area contributed by atoms with E-state index in [9.17, 15) is 4.79 Å². The Kier molecular flexibility index (Phi) is 4.61. The first kappa shape index (κ1) is 14.8. The van der Waals surface area contributed by atoms with Crippen molar-refractivity contribution in [3.05, 3.63) is 45.2 Å². The number of unbranched alkanes of at least 4 members (excludes halogenated alkanes) is 1. The Bertz CT molecular complexity index is 656. The molecule has 0 aliphatic heterocycles. The van der Waals surface area contributed by atoms with Crippen LogP contribution in [0.1, 0.15) is 36.6 Å². The van der Waals surface area contributed by atoms with Crippen molar-refractivity contribution < 1.29 is 4.90 Å². The molecule has 0 spiro atoms. The number of pyridine rings is 1. The monoisotopic (exact) mass is 273 g/mol. The molecule has 0 fully saturated rings. The van der Waals surface area contributed by atoms with Crippen molar-refractivity contribution in [1.82, 2.24) is 4.98 Å². The fourth-order valence-electron chi connectivity index (χ4n) is 2.60. The average Bonchev–Trinajstić information content (AvgIpc) is 2.41. The summed E-state index contributed by atoms with van der Waals surface area (Å²) in [6.07, 6.45) is 3.40. The molecule has 0 aliphatic rings. The molecule has 0 saturated heterocycles. The highest BCUT2D eigenvalue weighted by molar-refractivity contribution is 5.80. The number of hydrogen-bond donors (Lipinski definition) is 2. The lowest BCUT2D eigenvalue weighted by Crippen LogP contribution is -3.04. The lowest BCUT2D eigenvalue weighted by molar-refractivity contribution is -0.872. The molecule has 0 radical (unpaired) electrons. The Morgan fingerprint density at radius 3 is 2.65 bits per heavy atom. The van der Waals surface area contributed by atoms with Crippen LogP contribution in [0.15, 0.2) is 23.0 Å². The molecule has 1 aromatic heterocycles. The lowest BCUT2D eigenvalue weighted by Gasteiger charge is -2.11. The summed E-state index contributed by atoms with van der Waals surface area (Å²) in [5, 5.41) is 0.834. The first-order valence-corrected chi connectivity index (χ1v) is 7.46. The summed E-state index contributed by atoms with van der Waals surface area (Å²) in [7, 11) is 4.14. The second kappa shape index (κ2) is 6.23. The standard InChI is InChI=1S/C17H24N2O/c1-5-6-7-13-8-9-16-14(10-13)17(20)15(11-19(3)4)12(2)18-16/h8-10H,5-7,11H2,1-4H3,(H,18,20)/p+1. The number of rotatable bonds is 5. The molecule has 2 aromatic rings. The summed E-state index contributed by atoms with van der Waals surface area (Å²) < 4.78 is 0. The topological polar surface area (TPSA) is 37.3 Å². The first-order chi connectivity index (χ1) is 9.52. The number of quaternary nitrogens is 1. The van der Waals surface area contributed by atoms with Crippen molar-refractivity contribution in [2.24, 2.45) is 0 Å². The predicted octanol–water partition coefficient (Wildman–Crippen LogP) is 1.82. The number of H-pyrrole nitrogens is 1. The fourth-order valence-corrected chi connectivity index (χ4v) is 2.60. The zero-order valence-electron chi connectivity index (χ0n) is 13.0. The third kappa shape index (κ3) is 3.10. The molecule has 1 aromatic carbocycles. The highest BCUT2D eigenvalue weighted by Crippen LogP contribution is 2.15. The van der Waals surface area contributed by atoms with E-state index in [1.807, 2.05) is 13.0 Å². The van der Waals surface area contributed by atoms with Gasteiger partial charge in [0.2, 0.25) is 0 Å². The molecule has 0 bridgehead atoms. The summed E-state index contributed by atoms with van der Waals surface area (Å²) in [6.45, 7) is 4.94. The van der Waals surface area contributed by atoms with Gasteiger partial charge < -0.3 is 9.88 Å². The largest absolute Gasteiger partial charge is 0.358 e. The number of benzene rings is 1. The molecule has 3 heteroatoms. The fraction of sp³-hybridized carbons (Fsp3) is 0.471. The number of aromatic nitrogens is 1. The molecular weight excluding hydrogens is 248 g/mol. The molecule has 1 heterocycles. The molecule has 2 rings (SSSR count). The molecule has 0 saturated carbocycles. The van der Waals surface area contributed by atoms with Crippen LogP contribution in [0.25, 0.3) is 10.9 Å². The second-order valence-corrected chi connectivity index (χ2v) is 5.93. The molecule has 3 nitrogen and oxygen atoms in total. The quantitative estimate of drug-likeness (QED) is 0.857. The highest BCUT2D eigenvalue weighted by atomic mass is 16.1. The van der Waals surface area contributed by atoms with Gasteiger partial charge in [0.15, 0.2) is 5.43 Å². The van der Waals surface area contributed by atoms with Gasteiger partial charge in [-0.1, -0.05) is 19.4 Å². The van der Waals surface area contributed by atoms with Crippen molar-refractivity contribution >= 4 is 10.9 Å². The van der Waals surface area contributed by atoms with Crippen LogP contribution in [0.3, 0.4) is 0 Å². The van der Waals surface area contributed by atoms with Gasteiger partial charge >= 0.3 is 0 Å². The van der Waals surface area contributed by atoms with Crippen molar-refractivity contribution in [2.45, 2.75) is 39.7 Å². The van der Waals surface area contributed by atoms with E-state index in [1.165, 1.54) is 23.3 Å². The van der Waals surface area contributed by atoms with Gasteiger partial charge in [-0.15, -0.1) is 0 Å². The number of nitrogens with one attached hydrogen (secondary N) is 2. The van der Waals surface area contributed by atoms with Gasteiger partial charge in [-0.05, 0) is 37.5 Å². The van der Waals surface area contributed by atoms with Crippen molar-refractivity contribution in [2.75, 3.05) is 14.1 Å². The maximum Gasteiger partial charge on any atom is 0.198 e. The number of fused-ring (bicyclic) bond motifs is 1. The smallest absolute Gasteiger partial charge is 0.198 e. The van der Waals surface area contributed by atoms with Gasteiger partial charge in [0, 0.05) is 16.6 Å². The third-order valence-electron chi connectivity index (χ3n) is 3.73. The van der Waals surface area contributed by atoms with Crippen molar-refractivity contribution in [3.8, 4) is 0 Å². The first-order valence-electron chi connectivity index (χ1n) is 7.46. The average molecular weight is 273 g/mol. The van der Waals surface area contributed by atoms with E-state index in [0.29, 0.717) is 0 Å². The number of hydrogen-bond acceptors (Lipinski definition) is 1. The van der Waals surface area contributed by atoms with Gasteiger partial charge in [-0.3, -0.25) is 4.79 Å². The minimum Gasteiger partial charge on any atom is -0.358 e. The van der Waals surface area contributed by atoms with Gasteiger partial charge in [0.25, 0.3) is 0 Å². The van der Waals surface area contributed by atoms with E-state index >= 15 is 0 Å². The lowest BCUT2D eigenvalue weighted by atomic mass is 10.0. The van der Waals surface area contributed by atoms with Gasteiger partial charge in [-0.2, -0.15) is 0 Å². The zero-order chi connectivity index (χ0) is 14.7. The SMILES string of the molecule is CCCCc1ccc2[nH]c(C)c(C[NH+](C)C)c(=O)c2c1. The molecule has 0 atom stereocenters. The minimum absolute atomic E-state index is 0.191. The van der Waals surface area contributed by atoms with E-state index < -0.39 is 0 Å². The van der Waals surface area contributed by atoms with Crippen LogP contribution in [0.4, 0.5) is 0 Å². The van der Waals surface area contributed by atoms with Crippen LogP contribution in [-0.2, 0) is 13.0 Å². The third-order valence-corrected chi connectivity index (χ3v) is 3.73. The summed E-state index contributed by atoms with van der Waals surface area (Å²) in [6, 6.07) is 6.24.